The van der Waals surface area contributed by atoms with Gasteiger partial charge >= 0.3 is 35.8 Å². The molecule has 0 aliphatic carbocycles. The lowest BCUT2D eigenvalue weighted by atomic mass is 9.86. The van der Waals surface area contributed by atoms with Crippen molar-refractivity contribution in [3.63, 3.8) is 0 Å². The summed E-state index contributed by atoms with van der Waals surface area (Å²) in [5, 5.41) is 60.7. The molecule has 0 unspecified atom stereocenters. The average molecular weight is 1500 g/mol. The fraction of sp³-hybridized carbons (Fsp3) is 0.512. The summed E-state index contributed by atoms with van der Waals surface area (Å²) in [5.41, 5.74) is 10.7. The third-order valence-corrected chi connectivity index (χ3v) is 19.8. The molecule has 0 amide bonds. The number of ether oxygens (including phenoxy) is 10. The molecule has 0 atom stereocenters. The molecule has 6 aromatic carbocycles. The molecule has 2 aliphatic rings. The van der Waals surface area contributed by atoms with Gasteiger partial charge in [-0.15, -0.1) is 0 Å². The highest BCUT2D eigenvalue weighted by Gasteiger charge is 2.48. The maximum atomic E-state index is 13.3. The zero-order valence-corrected chi connectivity index (χ0v) is 65.9. The van der Waals surface area contributed by atoms with E-state index < -0.39 is 84.5 Å². The summed E-state index contributed by atoms with van der Waals surface area (Å²) in [5.74, 6) is -1.67. The van der Waals surface area contributed by atoms with Crippen LogP contribution in [0.2, 0.25) is 0 Å². The van der Waals surface area contributed by atoms with E-state index in [0.717, 1.165) is 55.6 Å². The van der Waals surface area contributed by atoms with Crippen LogP contribution >= 0.6 is 0 Å². The molecule has 2 aliphatic heterocycles. The van der Waals surface area contributed by atoms with Crippen LogP contribution in [0.3, 0.4) is 0 Å². The van der Waals surface area contributed by atoms with E-state index in [-0.39, 0.29) is 98.2 Å². The van der Waals surface area contributed by atoms with E-state index in [9.17, 15) is 59.4 Å². The van der Waals surface area contributed by atoms with Crippen LogP contribution in [0.4, 0.5) is 0 Å². The zero-order chi connectivity index (χ0) is 79.6. The molecular formula is C86H112O22. The summed E-state index contributed by atoms with van der Waals surface area (Å²) >= 11 is 0. The van der Waals surface area contributed by atoms with Crippen molar-refractivity contribution in [2.75, 3.05) is 66.1 Å². The maximum Gasteiger partial charge on any atom is 0.306 e. The fourth-order valence-corrected chi connectivity index (χ4v) is 13.2. The Morgan fingerprint density at radius 2 is 0.444 bits per heavy atom. The lowest BCUT2D eigenvalue weighted by Crippen LogP contribution is -2.57. The van der Waals surface area contributed by atoms with Crippen LogP contribution in [-0.4, -0.2) is 145 Å². The molecule has 0 saturated carbocycles. The number of hydrogen-bond acceptors (Lipinski definition) is 22. The van der Waals surface area contributed by atoms with E-state index in [4.69, 9.17) is 47.4 Å². The van der Waals surface area contributed by atoms with Crippen molar-refractivity contribution in [1.82, 2.24) is 0 Å². The number of aromatic hydroxyl groups is 6. The molecule has 6 aromatic rings. The minimum Gasteiger partial charge on any atom is -0.507 e. The summed E-state index contributed by atoms with van der Waals surface area (Å²) in [6.45, 7) is 29.4. The maximum absolute atomic E-state index is 13.3. The SMILES string of the molecule is Cc1cc(CCC(=O)OCC(C)(C)C2OCC3(CO2)COC(C(C)(C)COC(=O)CCc2cc(C)c(O)c(C)c2)OC3)cc(C)c1O.Cc1cc(CCC(=O)OCC(COC(=O)CCc2cc(C)c(O)c(C)c2)(COC(=O)CCc2cc(C)c(O)c(C)c2)COC(=O)CCc2cc(C)c(O)c(C)c2)cc(C)c1O. The van der Waals surface area contributed by atoms with E-state index in [2.05, 4.69) is 0 Å². The van der Waals surface area contributed by atoms with Gasteiger partial charge in [0.15, 0.2) is 12.6 Å². The number of benzene rings is 6. The first-order chi connectivity index (χ1) is 50.7. The largest absolute Gasteiger partial charge is 0.507 e. The number of carbonyl (C=O) groups is 6. The van der Waals surface area contributed by atoms with Crippen LogP contribution < -0.4 is 0 Å². The van der Waals surface area contributed by atoms with Crippen LogP contribution in [0, 0.1) is 105 Å². The van der Waals surface area contributed by atoms with E-state index in [1.165, 1.54) is 0 Å². The van der Waals surface area contributed by atoms with Gasteiger partial charge in [0.25, 0.3) is 0 Å². The first kappa shape index (κ1) is 86.0. The molecule has 0 radical (unpaired) electrons. The lowest BCUT2D eigenvalue weighted by molar-refractivity contribution is -0.337. The number of hydrogen-bond donors (Lipinski definition) is 6. The van der Waals surface area contributed by atoms with Crippen molar-refractivity contribution in [2.45, 2.75) is 200 Å². The molecule has 8 rings (SSSR count). The van der Waals surface area contributed by atoms with Gasteiger partial charge in [0.1, 0.15) is 79.6 Å². The summed E-state index contributed by atoms with van der Waals surface area (Å²) in [7, 11) is 0. The van der Waals surface area contributed by atoms with E-state index in [1.54, 1.807) is 104 Å². The predicted octanol–water partition coefficient (Wildman–Crippen LogP) is 13.7. The topological polar surface area (TPSA) is 316 Å². The standard InChI is InChI=1S/C49H60O12.C37H52O10/c1-29-17-37(18-30(2)45(29)54)9-13-41(50)58-25-49(26-59-42(51)14-10-38-19-31(3)46(55)32(4)20-38,27-60-43(52)15-11-39-21-33(5)47(56)34(6)22-39)28-61-44(53)16-12-40-23-35(7)48(57)36(8)24-40;1-23-13-27(14-24(2)31(23)40)9-11-29(38)42-17-35(5,6)33-44-19-37(20-45-33)21-46-34(47-22-37)36(7,8)18-43-30(39)12-10-28-15-25(3)32(41)26(4)16-28/h17-24,54-57H,9-16,25-28H2,1-8H3;13-16,33-34,40-41H,9-12,17-22H2,1-8H3. The van der Waals surface area contributed by atoms with Crippen molar-refractivity contribution in [1.29, 1.82) is 0 Å². The fourth-order valence-electron chi connectivity index (χ4n) is 13.2. The Labute approximate surface area is 635 Å². The second-order valence-electron chi connectivity index (χ2n) is 31.3. The molecule has 1 spiro atoms. The Balaban J connectivity index is 0.000000311. The summed E-state index contributed by atoms with van der Waals surface area (Å²) < 4.78 is 58.9. The molecule has 0 aromatic heterocycles. The minimum absolute atomic E-state index is 0.0263. The summed E-state index contributed by atoms with van der Waals surface area (Å²) in [6.07, 6.45) is 1.56. The zero-order valence-electron chi connectivity index (χ0n) is 65.9. The van der Waals surface area contributed by atoms with Crippen LogP contribution in [0.1, 0.15) is 166 Å². The van der Waals surface area contributed by atoms with Crippen molar-refractivity contribution in [2.24, 2.45) is 21.7 Å². The third kappa shape index (κ3) is 24.9. The number of aryl methyl sites for hydroxylation is 18. The Hall–Kier alpha value is -9.22. The summed E-state index contributed by atoms with van der Waals surface area (Å²) in [4.78, 5) is 78.2. The van der Waals surface area contributed by atoms with Crippen molar-refractivity contribution >= 4 is 35.8 Å². The second kappa shape index (κ2) is 38.2. The monoisotopic (exact) mass is 1500 g/mol. The average Bonchev–Trinajstić information content (AvgIpc) is 0.782. The van der Waals surface area contributed by atoms with Crippen LogP contribution in [0.15, 0.2) is 72.8 Å². The Kier molecular flexibility index (Phi) is 30.4. The second-order valence-corrected chi connectivity index (χ2v) is 31.3. The van der Waals surface area contributed by atoms with Gasteiger partial charge in [-0.05, 0) is 222 Å². The van der Waals surface area contributed by atoms with Gasteiger partial charge in [0.05, 0.1) is 31.8 Å². The van der Waals surface area contributed by atoms with Crippen molar-refractivity contribution in [3.05, 3.63) is 173 Å². The number of rotatable bonds is 32. The smallest absolute Gasteiger partial charge is 0.306 e. The Morgan fingerprint density at radius 1 is 0.296 bits per heavy atom. The predicted molar refractivity (Wildman–Crippen MR) is 405 cm³/mol. The quantitative estimate of drug-likeness (QED) is 0.0169. The van der Waals surface area contributed by atoms with E-state index >= 15 is 0 Å². The molecular weight excluding hydrogens is 1380 g/mol. The first-order valence-corrected chi connectivity index (χ1v) is 36.9. The molecule has 2 fully saturated rings. The van der Waals surface area contributed by atoms with Crippen LogP contribution in [0.5, 0.6) is 34.5 Å². The lowest BCUT2D eigenvalue weighted by Gasteiger charge is -2.48. The molecule has 6 N–H and O–H groups in total. The number of phenols is 6. The normalized spacial score (nSPS) is 15.9. The molecule has 2 heterocycles. The van der Waals surface area contributed by atoms with Gasteiger partial charge in [-0.2, -0.15) is 0 Å². The molecule has 22 nitrogen and oxygen atoms in total. The van der Waals surface area contributed by atoms with Gasteiger partial charge in [-0.3, -0.25) is 28.8 Å². The number of phenolic OH excluding ortho intramolecular Hbond substituents is 6. The highest BCUT2D eigenvalue weighted by Crippen LogP contribution is 2.40. The van der Waals surface area contributed by atoms with E-state index in [0.29, 0.717) is 109 Å². The Bertz CT molecular complexity index is 3600. The molecule has 0 bridgehead atoms. The van der Waals surface area contributed by atoms with Crippen LogP contribution in [0.25, 0.3) is 0 Å². The molecule has 108 heavy (non-hydrogen) atoms. The van der Waals surface area contributed by atoms with Gasteiger partial charge in [-0.1, -0.05) is 100 Å². The molecule has 2 saturated heterocycles. The van der Waals surface area contributed by atoms with Gasteiger partial charge < -0.3 is 78.0 Å². The molecule has 588 valence electrons. The highest BCUT2D eigenvalue weighted by atomic mass is 16.7. The minimum atomic E-state index is -1.49. The Morgan fingerprint density at radius 3 is 0.602 bits per heavy atom. The van der Waals surface area contributed by atoms with E-state index in [1.807, 2.05) is 79.7 Å². The third-order valence-electron chi connectivity index (χ3n) is 19.8. The number of carbonyl (C=O) groups excluding carboxylic acids is 6. The van der Waals surface area contributed by atoms with Gasteiger partial charge in [-0.25, -0.2) is 0 Å². The molecule has 22 heteroatoms. The van der Waals surface area contributed by atoms with Gasteiger partial charge in [0.2, 0.25) is 0 Å². The summed E-state index contributed by atoms with van der Waals surface area (Å²) in [6, 6.07) is 21.9. The first-order valence-electron chi connectivity index (χ1n) is 36.9. The highest BCUT2D eigenvalue weighted by molar-refractivity contribution is 5.73. The van der Waals surface area contributed by atoms with Gasteiger partial charge in [0, 0.05) is 49.4 Å². The van der Waals surface area contributed by atoms with Crippen molar-refractivity contribution < 1.29 is 107 Å². The van der Waals surface area contributed by atoms with Crippen molar-refractivity contribution in [3.8, 4) is 34.5 Å². The number of esters is 6. The van der Waals surface area contributed by atoms with Crippen LogP contribution in [-0.2, 0) is 115 Å².